The Hall–Kier alpha value is -0.410. The number of rotatable bonds is 3. The molecular formula is C17H25BrFN. The van der Waals surface area contributed by atoms with Crippen molar-refractivity contribution in [3.8, 4) is 0 Å². The fraction of sp³-hybridized carbons (Fsp3) is 0.647. The Morgan fingerprint density at radius 1 is 1.25 bits per heavy atom. The van der Waals surface area contributed by atoms with Crippen LogP contribution < -0.4 is 5.32 Å². The molecular weight excluding hydrogens is 317 g/mol. The highest BCUT2D eigenvalue weighted by molar-refractivity contribution is 9.10. The summed E-state index contributed by atoms with van der Waals surface area (Å²) in [5.74, 6) is 0.808. The summed E-state index contributed by atoms with van der Waals surface area (Å²) in [4.78, 5) is 0. The van der Waals surface area contributed by atoms with E-state index in [-0.39, 0.29) is 11.4 Å². The Morgan fingerprint density at radius 3 is 2.65 bits per heavy atom. The van der Waals surface area contributed by atoms with Crippen LogP contribution in [0.25, 0.3) is 0 Å². The molecule has 1 fully saturated rings. The summed E-state index contributed by atoms with van der Waals surface area (Å²) in [6.07, 6.45) is 4.77. The second kappa shape index (κ2) is 6.57. The fourth-order valence-corrected chi connectivity index (χ4v) is 3.49. The highest BCUT2D eigenvalue weighted by atomic mass is 79.9. The van der Waals surface area contributed by atoms with Gasteiger partial charge in [0, 0.05) is 5.54 Å². The van der Waals surface area contributed by atoms with E-state index in [1.165, 1.54) is 19.3 Å². The standard InChI is InChI=1S/C17H25BrFN/c1-17(2,3)20-11-12-7-4-5-8-13(12)14-9-6-10-15(18)16(14)19/h6,9-10,12-13,20H,4-5,7-8,11H2,1-3H3. The van der Waals surface area contributed by atoms with Crippen molar-refractivity contribution in [1.29, 1.82) is 0 Å². The Labute approximate surface area is 130 Å². The van der Waals surface area contributed by atoms with Crippen LogP contribution in [0.3, 0.4) is 0 Å². The van der Waals surface area contributed by atoms with Crippen LogP contribution in [-0.2, 0) is 0 Å². The monoisotopic (exact) mass is 341 g/mol. The average Bonchev–Trinajstić information content (AvgIpc) is 2.39. The van der Waals surface area contributed by atoms with Crippen molar-refractivity contribution in [3.63, 3.8) is 0 Å². The lowest BCUT2D eigenvalue weighted by molar-refractivity contribution is 0.265. The predicted octanol–water partition coefficient (Wildman–Crippen LogP) is 5.25. The van der Waals surface area contributed by atoms with E-state index in [0.29, 0.717) is 16.3 Å². The quantitative estimate of drug-likeness (QED) is 0.791. The van der Waals surface area contributed by atoms with Crippen molar-refractivity contribution in [2.45, 2.75) is 57.9 Å². The van der Waals surface area contributed by atoms with Crippen molar-refractivity contribution in [3.05, 3.63) is 34.1 Å². The van der Waals surface area contributed by atoms with E-state index in [1.807, 2.05) is 12.1 Å². The molecule has 0 saturated heterocycles. The van der Waals surface area contributed by atoms with Gasteiger partial charge in [-0.15, -0.1) is 0 Å². The summed E-state index contributed by atoms with van der Waals surface area (Å²) in [6.45, 7) is 7.53. The third-order valence-electron chi connectivity index (χ3n) is 4.18. The van der Waals surface area contributed by atoms with Gasteiger partial charge in [0.05, 0.1) is 4.47 Å². The van der Waals surface area contributed by atoms with Gasteiger partial charge in [-0.1, -0.05) is 25.0 Å². The lowest BCUT2D eigenvalue weighted by atomic mass is 9.75. The molecule has 1 aliphatic carbocycles. The first-order valence-electron chi connectivity index (χ1n) is 7.57. The lowest BCUT2D eigenvalue weighted by Crippen LogP contribution is -2.41. The molecule has 1 N–H and O–H groups in total. The summed E-state index contributed by atoms with van der Waals surface area (Å²) in [7, 11) is 0. The highest BCUT2D eigenvalue weighted by Gasteiger charge is 2.29. The van der Waals surface area contributed by atoms with E-state index in [2.05, 4.69) is 42.0 Å². The van der Waals surface area contributed by atoms with Gasteiger partial charge in [-0.05, 0) is 79.6 Å². The van der Waals surface area contributed by atoms with Gasteiger partial charge in [-0.2, -0.15) is 0 Å². The maximum atomic E-state index is 14.4. The number of nitrogens with one attached hydrogen (secondary N) is 1. The average molecular weight is 342 g/mol. The molecule has 2 rings (SSSR count). The van der Waals surface area contributed by atoms with Crippen LogP contribution in [0.4, 0.5) is 4.39 Å². The zero-order chi connectivity index (χ0) is 14.8. The molecule has 3 heteroatoms. The molecule has 0 aromatic heterocycles. The minimum absolute atomic E-state index is 0.0693. The van der Waals surface area contributed by atoms with Gasteiger partial charge < -0.3 is 5.32 Å². The molecule has 1 saturated carbocycles. The van der Waals surface area contributed by atoms with E-state index in [1.54, 1.807) is 6.07 Å². The minimum Gasteiger partial charge on any atom is -0.312 e. The van der Waals surface area contributed by atoms with Crippen molar-refractivity contribution < 1.29 is 4.39 Å². The van der Waals surface area contributed by atoms with E-state index in [0.717, 1.165) is 18.5 Å². The Morgan fingerprint density at radius 2 is 1.95 bits per heavy atom. The van der Waals surface area contributed by atoms with Crippen LogP contribution in [0.15, 0.2) is 22.7 Å². The number of hydrogen-bond donors (Lipinski definition) is 1. The molecule has 2 atom stereocenters. The van der Waals surface area contributed by atoms with E-state index in [9.17, 15) is 4.39 Å². The van der Waals surface area contributed by atoms with Crippen LogP contribution in [0.1, 0.15) is 57.9 Å². The minimum atomic E-state index is -0.0693. The molecule has 0 aliphatic heterocycles. The van der Waals surface area contributed by atoms with Gasteiger partial charge in [-0.25, -0.2) is 4.39 Å². The zero-order valence-electron chi connectivity index (χ0n) is 12.7. The van der Waals surface area contributed by atoms with Crippen LogP contribution in [-0.4, -0.2) is 12.1 Å². The molecule has 0 spiro atoms. The topological polar surface area (TPSA) is 12.0 Å². The van der Waals surface area contributed by atoms with Gasteiger partial charge >= 0.3 is 0 Å². The lowest BCUT2D eigenvalue weighted by Gasteiger charge is -2.34. The normalized spacial score (nSPS) is 23.9. The number of hydrogen-bond acceptors (Lipinski definition) is 1. The molecule has 0 bridgehead atoms. The fourth-order valence-electron chi connectivity index (χ4n) is 3.11. The largest absolute Gasteiger partial charge is 0.312 e. The maximum absolute atomic E-state index is 14.4. The van der Waals surface area contributed by atoms with Gasteiger partial charge in [0.2, 0.25) is 0 Å². The van der Waals surface area contributed by atoms with Gasteiger partial charge in [0.15, 0.2) is 0 Å². The first-order valence-corrected chi connectivity index (χ1v) is 8.37. The predicted molar refractivity (Wildman–Crippen MR) is 86.6 cm³/mol. The number of halogens is 2. The van der Waals surface area contributed by atoms with Gasteiger partial charge in [0.1, 0.15) is 5.82 Å². The molecule has 1 nitrogen and oxygen atoms in total. The van der Waals surface area contributed by atoms with E-state index in [4.69, 9.17) is 0 Å². The van der Waals surface area contributed by atoms with Crippen LogP contribution in [0.5, 0.6) is 0 Å². The van der Waals surface area contributed by atoms with E-state index >= 15 is 0 Å². The molecule has 1 aliphatic rings. The molecule has 0 radical (unpaired) electrons. The Balaban J connectivity index is 2.16. The van der Waals surface area contributed by atoms with Crippen molar-refractivity contribution in [2.75, 3.05) is 6.54 Å². The number of benzene rings is 1. The Bertz CT molecular complexity index is 453. The van der Waals surface area contributed by atoms with Crippen molar-refractivity contribution >= 4 is 15.9 Å². The molecule has 2 unspecified atom stereocenters. The zero-order valence-corrected chi connectivity index (χ0v) is 14.3. The van der Waals surface area contributed by atoms with Gasteiger partial charge in [0.25, 0.3) is 0 Å². The third kappa shape index (κ3) is 4.05. The maximum Gasteiger partial charge on any atom is 0.140 e. The second-order valence-electron chi connectivity index (χ2n) is 6.92. The van der Waals surface area contributed by atoms with E-state index < -0.39 is 0 Å². The van der Waals surface area contributed by atoms with Crippen LogP contribution >= 0.6 is 15.9 Å². The molecule has 0 amide bonds. The summed E-state index contributed by atoms with van der Waals surface area (Å²) >= 11 is 3.31. The van der Waals surface area contributed by atoms with Crippen LogP contribution in [0, 0.1) is 11.7 Å². The van der Waals surface area contributed by atoms with Crippen LogP contribution in [0.2, 0.25) is 0 Å². The van der Waals surface area contributed by atoms with Gasteiger partial charge in [-0.3, -0.25) is 0 Å². The smallest absolute Gasteiger partial charge is 0.140 e. The molecule has 0 heterocycles. The molecule has 1 aromatic carbocycles. The first-order chi connectivity index (χ1) is 9.38. The van der Waals surface area contributed by atoms with Crippen molar-refractivity contribution in [1.82, 2.24) is 5.32 Å². The molecule has 112 valence electrons. The first kappa shape index (κ1) is 16.0. The summed E-state index contributed by atoms with van der Waals surface area (Å²) in [6, 6.07) is 5.69. The summed E-state index contributed by atoms with van der Waals surface area (Å²) < 4.78 is 15.0. The Kier molecular flexibility index (Phi) is 5.25. The summed E-state index contributed by atoms with van der Waals surface area (Å²) in [5, 5.41) is 3.59. The third-order valence-corrected chi connectivity index (χ3v) is 4.80. The highest BCUT2D eigenvalue weighted by Crippen LogP contribution is 2.39. The van der Waals surface area contributed by atoms with Crippen molar-refractivity contribution in [2.24, 2.45) is 5.92 Å². The summed E-state index contributed by atoms with van der Waals surface area (Å²) in [5.41, 5.74) is 1.01. The second-order valence-corrected chi connectivity index (χ2v) is 7.78. The molecule has 20 heavy (non-hydrogen) atoms. The molecule has 1 aromatic rings. The SMILES string of the molecule is CC(C)(C)NCC1CCCCC1c1cccc(Br)c1F.